The number of methoxy groups -OCH3 is 1. The van der Waals surface area contributed by atoms with E-state index in [2.05, 4.69) is 63.4 Å². The van der Waals surface area contributed by atoms with Crippen LogP contribution in [0.3, 0.4) is 0 Å². The van der Waals surface area contributed by atoms with Crippen molar-refractivity contribution in [2.75, 3.05) is 19.0 Å². The van der Waals surface area contributed by atoms with Gasteiger partial charge in [-0.2, -0.15) is 5.26 Å². The van der Waals surface area contributed by atoms with Crippen LogP contribution in [-0.4, -0.2) is 33.1 Å². The Morgan fingerprint density at radius 1 is 1.29 bits per heavy atom. The van der Waals surface area contributed by atoms with Crippen molar-refractivity contribution in [3.63, 3.8) is 0 Å². The van der Waals surface area contributed by atoms with Gasteiger partial charge in [0.05, 0.1) is 30.5 Å². The Hall–Kier alpha value is -3.41. The molecule has 1 aliphatic heterocycles. The average Bonchev–Trinajstić information content (AvgIpc) is 3.58. The lowest BCUT2D eigenvalue weighted by molar-refractivity contribution is 0.246. The quantitative estimate of drug-likeness (QED) is 0.354. The Morgan fingerprint density at radius 2 is 2.18 bits per heavy atom. The van der Waals surface area contributed by atoms with E-state index in [1.165, 1.54) is 16.5 Å². The Bertz CT molecular complexity index is 1350. The highest BCUT2D eigenvalue weighted by molar-refractivity contribution is 7.13. The summed E-state index contributed by atoms with van der Waals surface area (Å²) in [5.41, 5.74) is 4.23. The lowest BCUT2D eigenvalue weighted by atomic mass is 10.1. The molecular weight excluding hydrogens is 444 g/mol. The van der Waals surface area contributed by atoms with Gasteiger partial charge in [0, 0.05) is 41.3 Å². The van der Waals surface area contributed by atoms with Gasteiger partial charge in [0.25, 0.3) is 0 Å². The number of hydrogen-bond donors (Lipinski definition) is 1. The number of likely N-dealkylation sites (tertiary alicyclic amines) is 1. The molecule has 4 heterocycles. The fraction of sp³-hybridized carbons (Fsp3) is 0.346. The fourth-order valence-corrected chi connectivity index (χ4v) is 5.49. The first-order valence-corrected chi connectivity index (χ1v) is 12.4. The maximum absolute atomic E-state index is 9.12. The smallest absolute Gasteiger partial charge is 0.188 e. The van der Waals surface area contributed by atoms with E-state index in [4.69, 9.17) is 15.0 Å². The van der Waals surface area contributed by atoms with Crippen molar-refractivity contribution in [1.82, 2.24) is 19.4 Å². The summed E-state index contributed by atoms with van der Waals surface area (Å²) >= 11 is 1.58. The van der Waals surface area contributed by atoms with Crippen LogP contribution in [0.15, 0.2) is 48.1 Å². The van der Waals surface area contributed by atoms with E-state index in [1.54, 1.807) is 36.8 Å². The van der Waals surface area contributed by atoms with Crippen molar-refractivity contribution in [1.29, 1.82) is 5.26 Å². The summed E-state index contributed by atoms with van der Waals surface area (Å²) in [6, 6.07) is 12.6. The van der Waals surface area contributed by atoms with Crippen molar-refractivity contribution < 1.29 is 4.74 Å². The van der Waals surface area contributed by atoms with E-state index >= 15 is 0 Å². The number of rotatable bonds is 7. The monoisotopic (exact) mass is 472 g/mol. The first kappa shape index (κ1) is 22.4. The van der Waals surface area contributed by atoms with Crippen molar-refractivity contribution in [2.24, 2.45) is 0 Å². The molecule has 4 aromatic rings. The Balaban J connectivity index is 1.38. The number of nitrogens with zero attached hydrogens (tertiary/aromatic N) is 5. The van der Waals surface area contributed by atoms with Crippen molar-refractivity contribution >= 4 is 33.2 Å². The normalized spacial score (nSPS) is 16.3. The van der Waals surface area contributed by atoms with Gasteiger partial charge in [-0.15, -0.1) is 11.3 Å². The second kappa shape index (κ2) is 9.45. The van der Waals surface area contributed by atoms with E-state index in [1.807, 2.05) is 6.07 Å². The molecule has 1 aliphatic rings. The first-order valence-electron chi connectivity index (χ1n) is 11.6. The number of nitriles is 1. The predicted molar refractivity (Wildman–Crippen MR) is 136 cm³/mol. The van der Waals surface area contributed by atoms with E-state index in [-0.39, 0.29) is 6.04 Å². The maximum atomic E-state index is 9.12. The molecule has 1 atom stereocenters. The van der Waals surface area contributed by atoms with Gasteiger partial charge in [-0.3, -0.25) is 4.90 Å². The van der Waals surface area contributed by atoms with Crippen LogP contribution >= 0.6 is 11.3 Å². The number of ether oxygens (including phenoxy) is 1. The molecule has 7 nitrogen and oxygen atoms in total. The molecule has 0 spiro atoms. The summed E-state index contributed by atoms with van der Waals surface area (Å²) in [4.78, 5) is 11.7. The molecule has 0 amide bonds. The van der Waals surface area contributed by atoms with Crippen LogP contribution in [0, 0.1) is 11.3 Å². The number of fused-ring (bicyclic) bond motifs is 1. The van der Waals surface area contributed by atoms with Crippen LogP contribution in [0.25, 0.3) is 10.9 Å². The van der Waals surface area contributed by atoms with Crippen molar-refractivity contribution in [2.45, 2.75) is 45.3 Å². The average molecular weight is 473 g/mol. The molecule has 0 bridgehead atoms. The number of pyridine rings is 1. The van der Waals surface area contributed by atoms with Crippen LogP contribution in [-0.2, 0) is 6.54 Å². The Kier molecular flexibility index (Phi) is 6.22. The van der Waals surface area contributed by atoms with Crippen molar-refractivity contribution in [3.05, 3.63) is 64.9 Å². The zero-order valence-electron chi connectivity index (χ0n) is 19.7. The maximum Gasteiger partial charge on any atom is 0.188 e. The van der Waals surface area contributed by atoms with Gasteiger partial charge in [0.15, 0.2) is 5.13 Å². The molecule has 8 heteroatoms. The topological polar surface area (TPSA) is 79.0 Å². The van der Waals surface area contributed by atoms with Gasteiger partial charge < -0.3 is 14.6 Å². The van der Waals surface area contributed by atoms with Gasteiger partial charge in [0.1, 0.15) is 11.6 Å². The predicted octanol–water partition coefficient (Wildman–Crippen LogP) is 6.03. The summed E-state index contributed by atoms with van der Waals surface area (Å²) in [5, 5.41) is 16.6. The van der Waals surface area contributed by atoms with Gasteiger partial charge in [-0.05, 0) is 69.1 Å². The number of benzene rings is 1. The van der Waals surface area contributed by atoms with Gasteiger partial charge in [-0.25, -0.2) is 9.97 Å². The van der Waals surface area contributed by atoms with Crippen LogP contribution in [0.2, 0.25) is 0 Å². The van der Waals surface area contributed by atoms with Crippen LogP contribution in [0.1, 0.15) is 55.6 Å². The lowest BCUT2D eigenvalue weighted by Crippen LogP contribution is -2.23. The van der Waals surface area contributed by atoms with E-state index in [9.17, 15) is 0 Å². The van der Waals surface area contributed by atoms with Crippen LogP contribution < -0.4 is 10.1 Å². The Labute approximate surface area is 203 Å². The standard InChI is InChI=1S/C26H28N6OS/c1-17(2)32-15-19(21-12-20(33-3)6-7-23(21)32)14-31-10-4-5-24(31)22-16-34-26(29-22)30-25-11-18(13-27)8-9-28-25/h6-9,11-12,15-17,24H,4-5,10,14H2,1-3H3,(H,28,29,30). The molecule has 0 aliphatic carbocycles. The highest BCUT2D eigenvalue weighted by Crippen LogP contribution is 2.37. The van der Waals surface area contributed by atoms with Crippen LogP contribution in [0.4, 0.5) is 10.9 Å². The minimum absolute atomic E-state index is 0.285. The molecule has 5 rings (SSSR count). The summed E-state index contributed by atoms with van der Waals surface area (Å²) in [5.74, 6) is 1.52. The molecule has 34 heavy (non-hydrogen) atoms. The first-order chi connectivity index (χ1) is 16.6. The largest absolute Gasteiger partial charge is 0.497 e. The summed E-state index contributed by atoms with van der Waals surface area (Å²) in [6.07, 6.45) is 6.18. The number of anilines is 2. The molecular formula is C26H28N6OS. The highest BCUT2D eigenvalue weighted by atomic mass is 32.1. The second-order valence-electron chi connectivity index (χ2n) is 8.91. The summed E-state index contributed by atoms with van der Waals surface area (Å²) in [6.45, 7) is 6.36. The second-order valence-corrected chi connectivity index (χ2v) is 9.77. The third-order valence-electron chi connectivity index (χ3n) is 6.40. The minimum atomic E-state index is 0.285. The highest BCUT2D eigenvalue weighted by Gasteiger charge is 2.29. The number of aromatic nitrogens is 3. The van der Waals surface area contributed by atoms with Crippen molar-refractivity contribution in [3.8, 4) is 11.8 Å². The van der Waals surface area contributed by atoms with Gasteiger partial charge >= 0.3 is 0 Å². The van der Waals surface area contributed by atoms with E-state index < -0.39 is 0 Å². The zero-order chi connectivity index (χ0) is 23.7. The Morgan fingerprint density at radius 3 is 2.97 bits per heavy atom. The molecule has 3 aromatic heterocycles. The number of thiazole rings is 1. The van der Waals surface area contributed by atoms with E-state index in [0.29, 0.717) is 17.4 Å². The lowest BCUT2D eigenvalue weighted by Gasteiger charge is -2.23. The zero-order valence-corrected chi connectivity index (χ0v) is 20.5. The molecule has 1 N–H and O–H groups in total. The molecule has 174 valence electrons. The number of nitrogens with one attached hydrogen (secondary N) is 1. The van der Waals surface area contributed by atoms with Gasteiger partial charge in [-0.1, -0.05) is 0 Å². The minimum Gasteiger partial charge on any atom is -0.497 e. The van der Waals surface area contributed by atoms with Gasteiger partial charge in [0.2, 0.25) is 0 Å². The molecule has 1 aromatic carbocycles. The third-order valence-corrected chi connectivity index (χ3v) is 7.18. The molecule has 1 saturated heterocycles. The van der Waals surface area contributed by atoms with Crippen LogP contribution in [0.5, 0.6) is 5.75 Å². The molecule has 0 saturated carbocycles. The third kappa shape index (κ3) is 4.37. The SMILES string of the molecule is COc1ccc2c(c1)c(CN1CCCC1c1csc(Nc3cc(C#N)ccn3)n1)cn2C(C)C. The molecule has 1 unspecified atom stereocenters. The van der Waals surface area contributed by atoms with E-state index in [0.717, 1.165) is 42.5 Å². The summed E-state index contributed by atoms with van der Waals surface area (Å²) in [7, 11) is 1.72. The number of hydrogen-bond acceptors (Lipinski definition) is 7. The molecule has 0 radical (unpaired) electrons. The fourth-order valence-electron chi connectivity index (χ4n) is 4.73. The summed E-state index contributed by atoms with van der Waals surface area (Å²) < 4.78 is 7.86. The molecule has 1 fully saturated rings.